The average Bonchev–Trinajstić information content (AvgIpc) is 2.51. The molecule has 0 spiro atoms. The van der Waals surface area contributed by atoms with Crippen molar-refractivity contribution in [3.05, 3.63) is 35.4 Å². The Morgan fingerprint density at radius 3 is 2.83 bits per heavy atom. The highest BCUT2D eigenvalue weighted by Gasteiger charge is 2.42. The molecule has 1 aromatic rings. The van der Waals surface area contributed by atoms with Gasteiger partial charge in [-0.25, -0.2) is 0 Å². The number of hydrogen-bond acceptors (Lipinski definition) is 5. The fourth-order valence-corrected chi connectivity index (χ4v) is 3.46. The zero-order valence-electron chi connectivity index (χ0n) is 13.7. The van der Waals surface area contributed by atoms with Crippen molar-refractivity contribution >= 4 is 5.78 Å². The molecule has 1 saturated heterocycles. The van der Waals surface area contributed by atoms with E-state index in [2.05, 4.69) is 0 Å². The first-order valence-corrected chi connectivity index (χ1v) is 8.27. The standard InChI is InChI=1S/C18H25NO4/c1-11-15(19)7-8-17(22-11)23-16-10-18(21,12(2)20)9-13-5-3-4-6-14(13)16/h3-6,11,15-17,21H,7-10,19H2,1-2H3/t11-,15-,16-,17-,18-/m0/s1. The minimum absolute atomic E-state index is 0.0302. The Morgan fingerprint density at radius 2 is 2.13 bits per heavy atom. The summed E-state index contributed by atoms with van der Waals surface area (Å²) in [5.74, 6) is -0.222. The Morgan fingerprint density at radius 1 is 1.39 bits per heavy atom. The molecule has 23 heavy (non-hydrogen) atoms. The normalized spacial score (nSPS) is 37.2. The first kappa shape index (κ1) is 16.6. The van der Waals surface area contributed by atoms with Gasteiger partial charge in [-0.15, -0.1) is 0 Å². The Hall–Kier alpha value is -1.27. The number of nitrogens with two attached hydrogens (primary N) is 1. The summed E-state index contributed by atoms with van der Waals surface area (Å²) in [6.07, 6.45) is 1.42. The number of hydrogen-bond donors (Lipinski definition) is 2. The first-order chi connectivity index (χ1) is 10.9. The highest BCUT2D eigenvalue weighted by atomic mass is 16.7. The summed E-state index contributed by atoms with van der Waals surface area (Å²) in [5, 5.41) is 10.7. The molecule has 0 radical (unpaired) electrons. The molecule has 3 rings (SSSR count). The lowest BCUT2D eigenvalue weighted by Crippen LogP contribution is -2.47. The molecule has 5 nitrogen and oxygen atoms in total. The smallest absolute Gasteiger partial charge is 0.161 e. The van der Waals surface area contributed by atoms with E-state index in [1.807, 2.05) is 31.2 Å². The van der Waals surface area contributed by atoms with Crippen molar-refractivity contribution in [1.82, 2.24) is 0 Å². The number of ketones is 1. The molecule has 1 aliphatic heterocycles. The molecule has 0 unspecified atom stereocenters. The van der Waals surface area contributed by atoms with Crippen molar-refractivity contribution in [3.63, 3.8) is 0 Å². The zero-order valence-corrected chi connectivity index (χ0v) is 13.7. The van der Waals surface area contributed by atoms with Gasteiger partial charge in [0, 0.05) is 18.9 Å². The van der Waals surface area contributed by atoms with Gasteiger partial charge in [-0.05, 0) is 37.8 Å². The van der Waals surface area contributed by atoms with Crippen molar-refractivity contribution < 1.29 is 19.4 Å². The van der Waals surface area contributed by atoms with Gasteiger partial charge in [0.15, 0.2) is 12.1 Å². The van der Waals surface area contributed by atoms with Crippen LogP contribution in [0.4, 0.5) is 0 Å². The third-order valence-corrected chi connectivity index (χ3v) is 5.08. The molecule has 0 saturated carbocycles. The van der Waals surface area contributed by atoms with Gasteiger partial charge in [0.1, 0.15) is 5.60 Å². The first-order valence-electron chi connectivity index (χ1n) is 8.27. The highest BCUT2D eigenvalue weighted by Crippen LogP contribution is 2.40. The van der Waals surface area contributed by atoms with Crippen LogP contribution in [0, 0.1) is 0 Å². The fourth-order valence-electron chi connectivity index (χ4n) is 3.46. The zero-order chi connectivity index (χ0) is 16.6. The number of carbonyl (C=O) groups excluding carboxylic acids is 1. The summed E-state index contributed by atoms with van der Waals surface area (Å²) < 4.78 is 12.0. The molecule has 1 fully saturated rings. The van der Waals surface area contributed by atoms with Crippen molar-refractivity contribution in [2.45, 2.75) is 69.7 Å². The third-order valence-electron chi connectivity index (χ3n) is 5.08. The second-order valence-electron chi connectivity index (χ2n) is 6.80. The molecule has 0 amide bonds. The van der Waals surface area contributed by atoms with E-state index < -0.39 is 5.60 Å². The van der Waals surface area contributed by atoms with E-state index in [1.165, 1.54) is 6.92 Å². The Bertz CT molecular complexity index is 590. The van der Waals surface area contributed by atoms with Crippen molar-refractivity contribution in [2.75, 3.05) is 0 Å². The van der Waals surface area contributed by atoms with E-state index >= 15 is 0 Å². The van der Waals surface area contributed by atoms with Crippen molar-refractivity contribution in [1.29, 1.82) is 0 Å². The van der Waals surface area contributed by atoms with Crippen LogP contribution in [0.5, 0.6) is 0 Å². The Balaban J connectivity index is 1.81. The number of carbonyl (C=O) groups is 1. The van der Waals surface area contributed by atoms with Gasteiger partial charge < -0.3 is 20.3 Å². The van der Waals surface area contributed by atoms with Gasteiger partial charge in [-0.2, -0.15) is 0 Å². The maximum atomic E-state index is 11.9. The molecule has 0 aromatic heterocycles. The van der Waals surface area contributed by atoms with Crippen LogP contribution in [0.15, 0.2) is 24.3 Å². The summed E-state index contributed by atoms with van der Waals surface area (Å²) in [5.41, 5.74) is 6.59. The van der Waals surface area contributed by atoms with Crippen LogP contribution in [0.1, 0.15) is 50.3 Å². The van der Waals surface area contributed by atoms with Gasteiger partial charge in [-0.3, -0.25) is 4.79 Å². The number of aliphatic hydroxyl groups is 1. The minimum Gasteiger partial charge on any atom is -0.382 e. The second-order valence-corrected chi connectivity index (χ2v) is 6.80. The SMILES string of the molecule is CC(=O)[C@]1(O)Cc2ccccc2[C@@H](O[C@H]2CC[C@H](N)[C@H](C)O2)C1. The highest BCUT2D eigenvalue weighted by molar-refractivity contribution is 5.85. The maximum Gasteiger partial charge on any atom is 0.161 e. The predicted molar refractivity (Wildman–Crippen MR) is 85.8 cm³/mol. The Labute approximate surface area is 136 Å². The summed E-state index contributed by atoms with van der Waals surface area (Å²) in [6, 6.07) is 7.84. The van der Waals surface area contributed by atoms with Crippen LogP contribution in [-0.2, 0) is 20.7 Å². The van der Waals surface area contributed by atoms with Crippen LogP contribution in [0.25, 0.3) is 0 Å². The monoisotopic (exact) mass is 319 g/mol. The van der Waals surface area contributed by atoms with E-state index in [0.29, 0.717) is 6.42 Å². The van der Waals surface area contributed by atoms with Crippen LogP contribution < -0.4 is 5.73 Å². The molecule has 5 heteroatoms. The quantitative estimate of drug-likeness (QED) is 0.889. The lowest BCUT2D eigenvalue weighted by atomic mass is 9.77. The molecule has 2 aliphatic rings. The molecule has 1 aromatic carbocycles. The van der Waals surface area contributed by atoms with Gasteiger partial charge in [-0.1, -0.05) is 24.3 Å². The van der Waals surface area contributed by atoms with Crippen LogP contribution >= 0.6 is 0 Å². The minimum atomic E-state index is -1.37. The molecular weight excluding hydrogens is 294 g/mol. The number of fused-ring (bicyclic) bond motifs is 1. The van der Waals surface area contributed by atoms with Crippen molar-refractivity contribution in [2.24, 2.45) is 5.73 Å². The molecule has 1 aliphatic carbocycles. The van der Waals surface area contributed by atoms with Gasteiger partial charge in [0.25, 0.3) is 0 Å². The van der Waals surface area contributed by atoms with Gasteiger partial charge in [0.2, 0.25) is 0 Å². The average molecular weight is 319 g/mol. The van der Waals surface area contributed by atoms with Crippen molar-refractivity contribution in [3.8, 4) is 0 Å². The molecule has 0 bridgehead atoms. The number of rotatable bonds is 3. The van der Waals surface area contributed by atoms with E-state index in [-0.39, 0.29) is 36.7 Å². The lowest BCUT2D eigenvalue weighted by Gasteiger charge is -2.40. The summed E-state index contributed by atoms with van der Waals surface area (Å²) in [4.78, 5) is 11.9. The summed E-state index contributed by atoms with van der Waals surface area (Å²) in [6.45, 7) is 3.38. The van der Waals surface area contributed by atoms with Gasteiger partial charge >= 0.3 is 0 Å². The lowest BCUT2D eigenvalue weighted by molar-refractivity contribution is -0.226. The fraction of sp³-hybridized carbons (Fsp3) is 0.611. The third kappa shape index (κ3) is 3.33. The number of Topliss-reactive ketones (excluding diaryl/α,β-unsaturated/α-hetero) is 1. The molecule has 5 atom stereocenters. The van der Waals surface area contributed by atoms with Crippen LogP contribution in [0.3, 0.4) is 0 Å². The largest absolute Gasteiger partial charge is 0.382 e. The van der Waals surface area contributed by atoms with E-state index in [0.717, 1.165) is 24.0 Å². The predicted octanol–water partition coefficient (Wildman–Crippen LogP) is 1.86. The van der Waals surface area contributed by atoms with Crippen LogP contribution in [0.2, 0.25) is 0 Å². The summed E-state index contributed by atoms with van der Waals surface area (Å²) >= 11 is 0. The number of benzene rings is 1. The van der Waals surface area contributed by atoms with Gasteiger partial charge in [0.05, 0.1) is 12.2 Å². The molecule has 1 heterocycles. The van der Waals surface area contributed by atoms with Crippen LogP contribution in [-0.4, -0.2) is 34.9 Å². The topological polar surface area (TPSA) is 81.8 Å². The maximum absolute atomic E-state index is 11.9. The molecule has 126 valence electrons. The Kier molecular flexibility index (Phi) is 4.56. The second kappa shape index (κ2) is 6.32. The molecule has 3 N–H and O–H groups in total. The van der Waals surface area contributed by atoms with E-state index in [9.17, 15) is 9.90 Å². The molecular formula is C18H25NO4. The van der Waals surface area contributed by atoms with E-state index in [4.69, 9.17) is 15.2 Å². The van der Waals surface area contributed by atoms with E-state index in [1.54, 1.807) is 0 Å². The number of ether oxygens (including phenoxy) is 2. The summed E-state index contributed by atoms with van der Waals surface area (Å²) in [7, 11) is 0.